The molecule has 0 N–H and O–H groups in total. The van der Waals surface area contributed by atoms with Crippen molar-refractivity contribution in [2.75, 3.05) is 37.9 Å². The molecule has 0 aromatic heterocycles. The van der Waals surface area contributed by atoms with E-state index in [9.17, 15) is 22.0 Å². The van der Waals surface area contributed by atoms with E-state index in [0.29, 0.717) is 31.1 Å². The third kappa shape index (κ3) is 3.16. The maximum atomic E-state index is 14.0. The molecule has 0 radical (unpaired) electrons. The molecule has 144 valence electrons. The highest BCUT2D eigenvalue weighted by atomic mass is 19.2. The van der Waals surface area contributed by atoms with Gasteiger partial charge in [0.2, 0.25) is 12.6 Å². The second-order valence-electron chi connectivity index (χ2n) is 6.37. The van der Waals surface area contributed by atoms with Crippen LogP contribution in [0, 0.1) is 29.1 Å². The zero-order valence-electron chi connectivity index (χ0n) is 14.1. The Hall–Kier alpha value is -2.55. The van der Waals surface area contributed by atoms with Gasteiger partial charge in [0, 0.05) is 32.7 Å². The minimum Gasteiger partial charge on any atom is -0.454 e. The number of nitrogens with zero attached hydrogens (tertiary/aromatic N) is 2. The van der Waals surface area contributed by atoms with Gasteiger partial charge in [-0.15, -0.1) is 0 Å². The van der Waals surface area contributed by atoms with Crippen molar-refractivity contribution in [1.82, 2.24) is 4.90 Å². The monoisotopic (exact) mass is 386 g/mol. The topological polar surface area (TPSA) is 24.9 Å². The standard InChI is InChI=1S/C18H15F5N2O2/c19-13-14(20)16(22)18(17(23)15(13)21)25-5-3-24(4-6-25)8-10-1-2-11-12(7-10)27-9-26-11/h1-2,7H,3-6,8-9H2. The smallest absolute Gasteiger partial charge is 0.231 e. The van der Waals surface area contributed by atoms with Gasteiger partial charge in [-0.1, -0.05) is 6.07 Å². The van der Waals surface area contributed by atoms with E-state index in [1.165, 1.54) is 4.90 Å². The first-order chi connectivity index (χ1) is 13.0. The fourth-order valence-electron chi connectivity index (χ4n) is 3.30. The number of piperazine rings is 1. The largest absolute Gasteiger partial charge is 0.454 e. The van der Waals surface area contributed by atoms with Crippen LogP contribution in [-0.2, 0) is 6.54 Å². The van der Waals surface area contributed by atoms with E-state index < -0.39 is 34.8 Å². The van der Waals surface area contributed by atoms with Crippen molar-refractivity contribution in [2.24, 2.45) is 0 Å². The molecule has 2 aliphatic heterocycles. The number of ether oxygens (including phenoxy) is 2. The normalized spacial score (nSPS) is 16.9. The number of fused-ring (bicyclic) bond motifs is 1. The number of hydrogen-bond acceptors (Lipinski definition) is 4. The Morgan fingerprint density at radius 1 is 0.741 bits per heavy atom. The summed E-state index contributed by atoms with van der Waals surface area (Å²) in [5, 5.41) is 0. The SMILES string of the molecule is Fc1c(F)c(F)c(N2CCN(Cc3ccc4c(c3)OCO4)CC2)c(F)c1F. The third-order valence-electron chi connectivity index (χ3n) is 4.72. The molecule has 1 fully saturated rings. The molecule has 1 saturated heterocycles. The number of benzene rings is 2. The molecule has 2 aliphatic rings. The zero-order valence-corrected chi connectivity index (χ0v) is 14.1. The summed E-state index contributed by atoms with van der Waals surface area (Å²) >= 11 is 0. The molecule has 0 aliphatic carbocycles. The van der Waals surface area contributed by atoms with Crippen LogP contribution in [0.15, 0.2) is 18.2 Å². The first-order valence-electron chi connectivity index (χ1n) is 8.33. The zero-order chi connectivity index (χ0) is 19.1. The average molecular weight is 386 g/mol. The lowest BCUT2D eigenvalue weighted by molar-refractivity contribution is 0.174. The van der Waals surface area contributed by atoms with Crippen LogP contribution in [0.2, 0.25) is 0 Å². The molecule has 9 heteroatoms. The van der Waals surface area contributed by atoms with Gasteiger partial charge in [0.1, 0.15) is 5.69 Å². The van der Waals surface area contributed by atoms with Gasteiger partial charge in [-0.25, -0.2) is 22.0 Å². The van der Waals surface area contributed by atoms with Gasteiger partial charge < -0.3 is 14.4 Å². The summed E-state index contributed by atoms with van der Waals surface area (Å²) in [6, 6.07) is 5.56. The fraction of sp³-hybridized carbons (Fsp3) is 0.333. The van der Waals surface area contributed by atoms with E-state index in [2.05, 4.69) is 0 Å². The highest BCUT2D eigenvalue weighted by Gasteiger charge is 2.30. The maximum absolute atomic E-state index is 14.0. The summed E-state index contributed by atoms with van der Waals surface area (Å²) in [6.45, 7) is 1.86. The summed E-state index contributed by atoms with van der Waals surface area (Å²) in [6.07, 6.45) is 0. The van der Waals surface area contributed by atoms with Crippen LogP contribution < -0.4 is 14.4 Å². The van der Waals surface area contributed by atoms with Crippen molar-refractivity contribution in [3.63, 3.8) is 0 Å². The molecule has 2 aromatic rings. The van der Waals surface area contributed by atoms with Crippen LogP contribution in [0.5, 0.6) is 11.5 Å². The molecule has 0 atom stereocenters. The minimum atomic E-state index is -2.14. The number of anilines is 1. The highest BCUT2D eigenvalue weighted by Crippen LogP contribution is 2.33. The summed E-state index contributed by atoms with van der Waals surface area (Å²) in [5.41, 5.74) is 0.109. The quantitative estimate of drug-likeness (QED) is 0.459. The summed E-state index contributed by atoms with van der Waals surface area (Å²) in [7, 11) is 0. The molecule has 0 unspecified atom stereocenters. The summed E-state index contributed by atoms with van der Waals surface area (Å²) < 4.78 is 78.5. The Morgan fingerprint density at radius 3 is 2.00 bits per heavy atom. The van der Waals surface area contributed by atoms with Crippen LogP contribution in [0.25, 0.3) is 0 Å². The molecule has 0 spiro atoms. The molecular weight excluding hydrogens is 371 g/mol. The van der Waals surface area contributed by atoms with Gasteiger partial charge in [-0.05, 0) is 17.7 Å². The molecule has 4 rings (SSSR count). The van der Waals surface area contributed by atoms with E-state index in [1.807, 2.05) is 23.1 Å². The van der Waals surface area contributed by atoms with E-state index in [1.54, 1.807) is 0 Å². The number of hydrogen-bond donors (Lipinski definition) is 0. The van der Waals surface area contributed by atoms with E-state index in [-0.39, 0.29) is 19.9 Å². The lowest BCUT2D eigenvalue weighted by atomic mass is 10.1. The van der Waals surface area contributed by atoms with E-state index in [0.717, 1.165) is 5.56 Å². The first kappa shape index (κ1) is 17.8. The molecule has 2 heterocycles. The third-order valence-corrected chi connectivity index (χ3v) is 4.72. The first-order valence-corrected chi connectivity index (χ1v) is 8.33. The van der Waals surface area contributed by atoms with Gasteiger partial charge in [0.25, 0.3) is 0 Å². The Labute approximate surface area is 151 Å². The Balaban J connectivity index is 1.45. The molecule has 0 amide bonds. The fourth-order valence-corrected chi connectivity index (χ4v) is 3.30. The second-order valence-corrected chi connectivity index (χ2v) is 6.37. The molecule has 2 aromatic carbocycles. The van der Waals surface area contributed by atoms with Gasteiger partial charge >= 0.3 is 0 Å². The number of rotatable bonds is 3. The van der Waals surface area contributed by atoms with Gasteiger partial charge in [-0.3, -0.25) is 4.90 Å². The van der Waals surface area contributed by atoms with Crippen LogP contribution in [0.1, 0.15) is 5.56 Å². The van der Waals surface area contributed by atoms with Crippen molar-refractivity contribution in [3.05, 3.63) is 52.8 Å². The molecular formula is C18H15F5N2O2. The van der Waals surface area contributed by atoms with E-state index >= 15 is 0 Å². The van der Waals surface area contributed by atoms with Gasteiger partial charge in [0.05, 0.1) is 0 Å². The maximum Gasteiger partial charge on any atom is 0.231 e. The molecule has 27 heavy (non-hydrogen) atoms. The second kappa shape index (κ2) is 6.88. The van der Waals surface area contributed by atoms with Crippen molar-refractivity contribution >= 4 is 5.69 Å². The van der Waals surface area contributed by atoms with Crippen molar-refractivity contribution in [2.45, 2.75) is 6.54 Å². The van der Waals surface area contributed by atoms with Crippen LogP contribution >= 0.6 is 0 Å². The van der Waals surface area contributed by atoms with Crippen LogP contribution in [-0.4, -0.2) is 37.9 Å². The van der Waals surface area contributed by atoms with E-state index in [4.69, 9.17) is 9.47 Å². The summed E-state index contributed by atoms with van der Waals surface area (Å²) in [5.74, 6) is -8.25. The lowest BCUT2D eigenvalue weighted by Crippen LogP contribution is -2.46. The highest BCUT2D eigenvalue weighted by molar-refractivity contribution is 5.51. The Morgan fingerprint density at radius 2 is 1.33 bits per heavy atom. The molecule has 0 bridgehead atoms. The summed E-state index contributed by atoms with van der Waals surface area (Å²) in [4.78, 5) is 3.21. The van der Waals surface area contributed by atoms with Crippen molar-refractivity contribution in [1.29, 1.82) is 0 Å². The van der Waals surface area contributed by atoms with Crippen molar-refractivity contribution in [3.8, 4) is 11.5 Å². The van der Waals surface area contributed by atoms with Gasteiger partial charge in [-0.2, -0.15) is 0 Å². The lowest BCUT2D eigenvalue weighted by Gasteiger charge is -2.36. The average Bonchev–Trinajstić information content (AvgIpc) is 3.14. The van der Waals surface area contributed by atoms with Gasteiger partial charge in [0.15, 0.2) is 34.8 Å². The predicted molar refractivity (Wildman–Crippen MR) is 86.3 cm³/mol. The minimum absolute atomic E-state index is 0.142. The number of halogens is 5. The predicted octanol–water partition coefficient (Wildman–Crippen LogP) is 3.43. The van der Waals surface area contributed by atoms with Crippen LogP contribution in [0.3, 0.4) is 0 Å². The Bertz CT molecular complexity index is 856. The Kier molecular flexibility index (Phi) is 4.55. The molecule has 0 saturated carbocycles. The molecule has 4 nitrogen and oxygen atoms in total. The van der Waals surface area contributed by atoms with Crippen molar-refractivity contribution < 1.29 is 31.4 Å². The van der Waals surface area contributed by atoms with Crippen LogP contribution in [0.4, 0.5) is 27.6 Å².